The van der Waals surface area contributed by atoms with E-state index in [2.05, 4.69) is 10.6 Å². The molecular formula is C19H20ClN3O2. The molecule has 0 radical (unpaired) electrons. The first-order valence-corrected chi connectivity index (χ1v) is 8.65. The van der Waals surface area contributed by atoms with Crippen LogP contribution in [0.4, 0.5) is 21.9 Å². The van der Waals surface area contributed by atoms with Gasteiger partial charge in [0.05, 0.1) is 0 Å². The van der Waals surface area contributed by atoms with Gasteiger partial charge in [-0.2, -0.15) is 0 Å². The van der Waals surface area contributed by atoms with E-state index in [9.17, 15) is 9.59 Å². The Morgan fingerprint density at radius 3 is 2.52 bits per heavy atom. The number of piperidine rings is 1. The van der Waals surface area contributed by atoms with Gasteiger partial charge >= 0.3 is 6.03 Å². The lowest BCUT2D eigenvalue weighted by Crippen LogP contribution is -2.35. The third-order valence-corrected chi connectivity index (χ3v) is 4.39. The average molecular weight is 358 g/mol. The normalized spacial score (nSPS) is 14.3. The van der Waals surface area contributed by atoms with Gasteiger partial charge in [0, 0.05) is 35.1 Å². The largest absolute Gasteiger partial charge is 0.323 e. The molecule has 0 saturated carbocycles. The molecule has 3 rings (SSSR count). The molecule has 1 aliphatic heterocycles. The molecule has 1 aliphatic rings. The van der Waals surface area contributed by atoms with Gasteiger partial charge in [-0.05, 0) is 61.7 Å². The topological polar surface area (TPSA) is 61.4 Å². The fraction of sp³-hybridized carbons (Fsp3) is 0.263. The van der Waals surface area contributed by atoms with Crippen LogP contribution in [0.15, 0.2) is 42.5 Å². The number of carbonyl (C=O) groups excluding carboxylic acids is 2. The number of amides is 3. The highest BCUT2D eigenvalue weighted by molar-refractivity contribution is 6.30. The van der Waals surface area contributed by atoms with Crippen molar-refractivity contribution in [2.45, 2.75) is 26.2 Å². The minimum absolute atomic E-state index is 0.161. The molecule has 2 aromatic rings. The van der Waals surface area contributed by atoms with E-state index in [0.717, 1.165) is 30.6 Å². The first-order chi connectivity index (χ1) is 12.0. The van der Waals surface area contributed by atoms with Crippen molar-refractivity contribution in [3.05, 3.63) is 53.1 Å². The van der Waals surface area contributed by atoms with Crippen LogP contribution in [0.3, 0.4) is 0 Å². The molecule has 130 valence electrons. The molecule has 5 nitrogen and oxygen atoms in total. The Bertz CT molecular complexity index is 807. The molecule has 0 bridgehead atoms. The highest BCUT2D eigenvalue weighted by Gasteiger charge is 2.21. The highest BCUT2D eigenvalue weighted by atomic mass is 35.5. The van der Waals surface area contributed by atoms with E-state index in [-0.39, 0.29) is 11.9 Å². The molecule has 2 N–H and O–H groups in total. The van der Waals surface area contributed by atoms with Gasteiger partial charge in [-0.1, -0.05) is 17.7 Å². The second-order valence-electron chi connectivity index (χ2n) is 6.09. The van der Waals surface area contributed by atoms with Crippen LogP contribution >= 0.6 is 11.6 Å². The van der Waals surface area contributed by atoms with Crippen LogP contribution in [0.25, 0.3) is 0 Å². The number of aryl methyl sites for hydroxylation is 1. The van der Waals surface area contributed by atoms with E-state index in [1.165, 1.54) is 0 Å². The third-order valence-electron chi connectivity index (χ3n) is 4.15. The number of anilines is 3. The second kappa shape index (κ2) is 7.57. The van der Waals surface area contributed by atoms with Crippen molar-refractivity contribution in [1.82, 2.24) is 0 Å². The summed E-state index contributed by atoms with van der Waals surface area (Å²) in [5.41, 5.74) is 3.16. The minimum atomic E-state index is -0.344. The summed E-state index contributed by atoms with van der Waals surface area (Å²) in [6.07, 6.45) is 2.58. The number of urea groups is 1. The first-order valence-electron chi connectivity index (χ1n) is 8.27. The minimum Gasteiger partial charge on any atom is -0.312 e. The molecule has 0 atom stereocenters. The van der Waals surface area contributed by atoms with Gasteiger partial charge in [-0.15, -0.1) is 0 Å². The molecule has 6 heteroatoms. The maximum absolute atomic E-state index is 12.1. The van der Waals surface area contributed by atoms with Crippen LogP contribution in [0.2, 0.25) is 5.02 Å². The molecule has 0 aromatic heterocycles. The molecular weight excluding hydrogens is 338 g/mol. The van der Waals surface area contributed by atoms with Crippen LogP contribution < -0.4 is 15.5 Å². The summed E-state index contributed by atoms with van der Waals surface area (Å²) < 4.78 is 0. The van der Waals surface area contributed by atoms with Crippen LogP contribution in [0, 0.1) is 6.92 Å². The Hall–Kier alpha value is -2.53. The standard InChI is InChI=1S/C19H20ClN3O2/c1-13-11-16(8-9-17(13)23-10-3-2-7-18(23)24)22-19(25)21-15-6-4-5-14(20)12-15/h4-6,8-9,11-12H,2-3,7,10H2,1H3,(H2,21,22,25). The molecule has 3 amide bonds. The Morgan fingerprint density at radius 1 is 1.08 bits per heavy atom. The quantitative estimate of drug-likeness (QED) is 0.828. The number of hydrogen-bond acceptors (Lipinski definition) is 2. The van der Waals surface area contributed by atoms with E-state index < -0.39 is 0 Å². The van der Waals surface area contributed by atoms with E-state index in [4.69, 9.17) is 11.6 Å². The smallest absolute Gasteiger partial charge is 0.312 e. The van der Waals surface area contributed by atoms with Gasteiger partial charge in [-0.25, -0.2) is 4.79 Å². The van der Waals surface area contributed by atoms with Crippen LogP contribution in [0.5, 0.6) is 0 Å². The van der Waals surface area contributed by atoms with Gasteiger partial charge in [0.1, 0.15) is 0 Å². The molecule has 0 aliphatic carbocycles. The summed E-state index contributed by atoms with van der Waals surface area (Å²) in [5.74, 6) is 0.161. The number of benzene rings is 2. The number of halogens is 1. The summed E-state index contributed by atoms with van der Waals surface area (Å²) in [7, 11) is 0. The number of carbonyl (C=O) groups is 2. The Balaban J connectivity index is 1.68. The zero-order valence-electron chi connectivity index (χ0n) is 14.0. The first kappa shape index (κ1) is 17.3. The summed E-state index contributed by atoms with van der Waals surface area (Å²) in [4.78, 5) is 26.0. The molecule has 0 spiro atoms. The monoisotopic (exact) mass is 357 g/mol. The zero-order valence-corrected chi connectivity index (χ0v) is 14.8. The highest BCUT2D eigenvalue weighted by Crippen LogP contribution is 2.27. The SMILES string of the molecule is Cc1cc(NC(=O)Nc2cccc(Cl)c2)ccc1N1CCCCC1=O. The van der Waals surface area contributed by atoms with Crippen molar-refractivity contribution in [2.24, 2.45) is 0 Å². The molecule has 1 heterocycles. The molecule has 0 unspecified atom stereocenters. The van der Waals surface area contributed by atoms with Crippen LogP contribution in [-0.4, -0.2) is 18.5 Å². The molecule has 25 heavy (non-hydrogen) atoms. The lowest BCUT2D eigenvalue weighted by atomic mass is 10.1. The second-order valence-corrected chi connectivity index (χ2v) is 6.53. The van der Waals surface area contributed by atoms with Gasteiger partial charge < -0.3 is 15.5 Å². The average Bonchev–Trinajstić information content (AvgIpc) is 2.56. The lowest BCUT2D eigenvalue weighted by Gasteiger charge is -2.28. The van der Waals surface area contributed by atoms with E-state index in [0.29, 0.717) is 22.8 Å². The van der Waals surface area contributed by atoms with Gasteiger partial charge in [0.2, 0.25) is 5.91 Å². The van der Waals surface area contributed by atoms with Crippen molar-refractivity contribution in [1.29, 1.82) is 0 Å². The summed E-state index contributed by atoms with van der Waals surface area (Å²) in [6.45, 7) is 2.69. The van der Waals surface area contributed by atoms with Crippen LogP contribution in [0.1, 0.15) is 24.8 Å². The van der Waals surface area contributed by atoms with Crippen molar-refractivity contribution in [2.75, 3.05) is 22.1 Å². The van der Waals surface area contributed by atoms with E-state index in [1.807, 2.05) is 30.0 Å². The fourth-order valence-electron chi connectivity index (χ4n) is 2.96. The lowest BCUT2D eigenvalue weighted by molar-refractivity contribution is -0.119. The number of nitrogens with zero attached hydrogens (tertiary/aromatic N) is 1. The van der Waals surface area contributed by atoms with Crippen molar-refractivity contribution >= 4 is 40.6 Å². The molecule has 2 aromatic carbocycles. The number of hydrogen-bond donors (Lipinski definition) is 2. The number of rotatable bonds is 3. The Kier molecular flexibility index (Phi) is 5.24. The van der Waals surface area contributed by atoms with Gasteiger partial charge in [0.15, 0.2) is 0 Å². The Morgan fingerprint density at radius 2 is 1.84 bits per heavy atom. The van der Waals surface area contributed by atoms with Crippen molar-refractivity contribution in [3.63, 3.8) is 0 Å². The fourth-order valence-corrected chi connectivity index (χ4v) is 3.15. The Labute approximate surface area is 152 Å². The van der Waals surface area contributed by atoms with Gasteiger partial charge in [-0.3, -0.25) is 4.79 Å². The summed E-state index contributed by atoms with van der Waals surface area (Å²) in [5, 5.41) is 6.09. The number of nitrogens with one attached hydrogen (secondary N) is 2. The van der Waals surface area contributed by atoms with Crippen molar-refractivity contribution in [3.8, 4) is 0 Å². The predicted molar refractivity (Wildman–Crippen MR) is 101 cm³/mol. The third kappa shape index (κ3) is 4.31. The predicted octanol–water partition coefficient (Wildman–Crippen LogP) is 4.81. The van der Waals surface area contributed by atoms with Gasteiger partial charge in [0.25, 0.3) is 0 Å². The van der Waals surface area contributed by atoms with Crippen LogP contribution in [-0.2, 0) is 4.79 Å². The molecule has 1 saturated heterocycles. The van der Waals surface area contributed by atoms with Crippen molar-refractivity contribution < 1.29 is 9.59 Å². The maximum Gasteiger partial charge on any atom is 0.323 e. The van der Waals surface area contributed by atoms with E-state index >= 15 is 0 Å². The summed E-state index contributed by atoms with van der Waals surface area (Å²) in [6, 6.07) is 12.2. The molecule has 1 fully saturated rings. The zero-order chi connectivity index (χ0) is 17.8. The summed E-state index contributed by atoms with van der Waals surface area (Å²) >= 11 is 5.91. The maximum atomic E-state index is 12.1. The van der Waals surface area contributed by atoms with E-state index in [1.54, 1.807) is 24.3 Å².